The van der Waals surface area contributed by atoms with E-state index in [1.54, 1.807) is 0 Å². The summed E-state index contributed by atoms with van der Waals surface area (Å²) < 4.78 is 5.24. The largest absolute Gasteiger partial charge is 0.456 e. The molecule has 2 aliphatic heterocycles. The van der Waals surface area contributed by atoms with E-state index >= 15 is 0 Å². The summed E-state index contributed by atoms with van der Waals surface area (Å²) in [5.74, 6) is -0.387. The van der Waals surface area contributed by atoms with Crippen molar-refractivity contribution in [3.05, 3.63) is 75.4 Å². The highest BCUT2D eigenvalue weighted by atomic mass is 35.5. The number of carbonyl (C=O) groups excluding carboxylic acids is 1. The summed E-state index contributed by atoms with van der Waals surface area (Å²) in [6.45, 7) is 2.36. The molecule has 2 aliphatic rings. The monoisotopic (exact) mass is 311 g/mol. The normalized spacial score (nSPS) is 19.4. The van der Waals surface area contributed by atoms with Crippen LogP contribution in [0, 0.1) is 6.92 Å². The van der Waals surface area contributed by atoms with Crippen LogP contribution in [-0.4, -0.2) is 12.6 Å². The highest BCUT2D eigenvalue weighted by molar-refractivity contribution is 6.30. The van der Waals surface area contributed by atoms with Crippen molar-refractivity contribution < 1.29 is 9.53 Å². The quantitative estimate of drug-likeness (QED) is 0.808. The van der Waals surface area contributed by atoms with Gasteiger partial charge in [0.05, 0.1) is 11.3 Å². The number of nitrogens with one attached hydrogen (secondary N) is 1. The van der Waals surface area contributed by atoms with Gasteiger partial charge in [-0.2, -0.15) is 0 Å². The lowest BCUT2D eigenvalue weighted by molar-refractivity contribution is -0.136. The van der Waals surface area contributed by atoms with Crippen molar-refractivity contribution in [3.8, 4) is 0 Å². The molecule has 22 heavy (non-hydrogen) atoms. The molecule has 0 aliphatic carbocycles. The Labute approximate surface area is 133 Å². The first-order valence-corrected chi connectivity index (χ1v) is 7.55. The number of carbonyl (C=O) groups is 1. The van der Waals surface area contributed by atoms with E-state index in [1.165, 1.54) is 0 Å². The molecule has 110 valence electrons. The molecule has 0 radical (unpaired) electrons. The molecule has 0 saturated carbocycles. The van der Waals surface area contributed by atoms with E-state index in [-0.39, 0.29) is 11.9 Å². The van der Waals surface area contributed by atoms with Crippen LogP contribution in [0.4, 0.5) is 5.69 Å². The van der Waals surface area contributed by atoms with Crippen molar-refractivity contribution in [2.45, 2.75) is 12.8 Å². The van der Waals surface area contributed by atoms with E-state index in [1.807, 2.05) is 30.3 Å². The van der Waals surface area contributed by atoms with Crippen LogP contribution in [0.25, 0.3) is 0 Å². The van der Waals surface area contributed by atoms with Crippen LogP contribution in [0.2, 0.25) is 5.02 Å². The minimum absolute atomic E-state index is 0.138. The maximum absolute atomic E-state index is 12.2. The molecule has 2 aromatic carbocycles. The van der Waals surface area contributed by atoms with E-state index in [2.05, 4.69) is 24.4 Å². The van der Waals surface area contributed by atoms with E-state index < -0.39 is 0 Å². The number of hydrogen-bond donors (Lipinski definition) is 1. The molecule has 1 N–H and O–H groups in total. The van der Waals surface area contributed by atoms with Crippen molar-refractivity contribution in [3.63, 3.8) is 0 Å². The van der Waals surface area contributed by atoms with Gasteiger partial charge in [-0.1, -0.05) is 35.9 Å². The summed E-state index contributed by atoms with van der Waals surface area (Å²) in [6.07, 6.45) is 0. The topological polar surface area (TPSA) is 38.3 Å². The summed E-state index contributed by atoms with van der Waals surface area (Å²) in [4.78, 5) is 12.2. The molecule has 0 bridgehead atoms. The predicted octanol–water partition coefficient (Wildman–Crippen LogP) is 4.02. The van der Waals surface area contributed by atoms with Gasteiger partial charge in [-0.15, -0.1) is 0 Å². The third-order valence-corrected chi connectivity index (χ3v) is 4.53. The standard InChI is InChI=1S/C18H14ClNO2/c1-10-4-2-3-5-12(10)16-13-8-11(19)6-7-14(13)20-15-9-22-18(21)17(15)16/h2-8,16,20H,9H2,1H3. The number of benzene rings is 2. The summed E-state index contributed by atoms with van der Waals surface area (Å²) in [5.41, 5.74) is 5.80. The van der Waals surface area contributed by atoms with E-state index in [4.69, 9.17) is 16.3 Å². The average molecular weight is 312 g/mol. The number of esters is 1. The fraction of sp³-hybridized carbons (Fsp3) is 0.167. The number of anilines is 1. The zero-order valence-corrected chi connectivity index (χ0v) is 12.8. The number of halogens is 1. The minimum Gasteiger partial charge on any atom is -0.456 e. The molecule has 4 rings (SSSR count). The maximum atomic E-state index is 12.2. The summed E-state index contributed by atoms with van der Waals surface area (Å²) in [7, 11) is 0. The Bertz CT molecular complexity index is 826. The fourth-order valence-electron chi connectivity index (χ4n) is 3.25. The van der Waals surface area contributed by atoms with Gasteiger partial charge >= 0.3 is 5.97 Å². The molecule has 0 saturated heterocycles. The third-order valence-electron chi connectivity index (χ3n) is 4.29. The van der Waals surface area contributed by atoms with Gasteiger partial charge in [-0.3, -0.25) is 0 Å². The number of cyclic esters (lactones) is 1. The first-order chi connectivity index (χ1) is 10.6. The van der Waals surface area contributed by atoms with E-state index in [0.717, 1.165) is 28.1 Å². The zero-order valence-electron chi connectivity index (χ0n) is 12.0. The average Bonchev–Trinajstić information content (AvgIpc) is 2.87. The van der Waals surface area contributed by atoms with Crippen molar-refractivity contribution >= 4 is 23.3 Å². The van der Waals surface area contributed by atoms with Crippen molar-refractivity contribution in [2.24, 2.45) is 0 Å². The van der Waals surface area contributed by atoms with Gasteiger partial charge in [0.15, 0.2) is 0 Å². The second-order valence-electron chi connectivity index (χ2n) is 5.61. The van der Waals surface area contributed by atoms with Gasteiger partial charge < -0.3 is 10.1 Å². The molecule has 0 spiro atoms. The number of ether oxygens (including phenoxy) is 1. The molecule has 0 fully saturated rings. The summed E-state index contributed by atoms with van der Waals surface area (Å²) >= 11 is 6.19. The Balaban J connectivity index is 1.99. The Morgan fingerprint density at radius 3 is 2.82 bits per heavy atom. The molecule has 0 aromatic heterocycles. The summed E-state index contributed by atoms with van der Waals surface area (Å²) in [6, 6.07) is 13.8. The van der Waals surface area contributed by atoms with Gasteiger partial charge in [-0.25, -0.2) is 4.79 Å². The number of hydrogen-bond acceptors (Lipinski definition) is 3. The fourth-order valence-corrected chi connectivity index (χ4v) is 3.43. The number of fused-ring (bicyclic) bond motifs is 1. The second kappa shape index (κ2) is 4.89. The van der Waals surface area contributed by atoms with Crippen molar-refractivity contribution in [1.82, 2.24) is 0 Å². The molecule has 1 atom stereocenters. The zero-order chi connectivity index (χ0) is 15.3. The highest BCUT2D eigenvalue weighted by Crippen LogP contribution is 2.45. The molecule has 2 aromatic rings. The predicted molar refractivity (Wildman–Crippen MR) is 86.1 cm³/mol. The van der Waals surface area contributed by atoms with Crippen LogP contribution in [-0.2, 0) is 9.53 Å². The molecule has 2 heterocycles. The lowest BCUT2D eigenvalue weighted by Crippen LogP contribution is -2.20. The Hall–Kier alpha value is -2.26. The molecule has 4 heteroatoms. The van der Waals surface area contributed by atoms with Crippen LogP contribution in [0.5, 0.6) is 0 Å². The number of rotatable bonds is 1. The first-order valence-electron chi connectivity index (χ1n) is 7.17. The third kappa shape index (κ3) is 1.93. The number of aryl methyl sites for hydroxylation is 1. The minimum atomic E-state index is -0.249. The lowest BCUT2D eigenvalue weighted by Gasteiger charge is -2.28. The summed E-state index contributed by atoms with van der Waals surface area (Å²) in [5, 5.41) is 3.97. The van der Waals surface area contributed by atoms with Crippen LogP contribution >= 0.6 is 11.6 Å². The Morgan fingerprint density at radius 1 is 1.18 bits per heavy atom. The highest BCUT2D eigenvalue weighted by Gasteiger charge is 2.38. The molecular weight excluding hydrogens is 298 g/mol. The maximum Gasteiger partial charge on any atom is 0.337 e. The van der Waals surface area contributed by atoms with Crippen LogP contribution < -0.4 is 5.32 Å². The molecule has 0 amide bonds. The second-order valence-corrected chi connectivity index (χ2v) is 6.05. The lowest BCUT2D eigenvalue weighted by atomic mass is 9.79. The first kappa shape index (κ1) is 13.4. The van der Waals surface area contributed by atoms with Gasteiger partial charge in [0, 0.05) is 16.6 Å². The smallest absolute Gasteiger partial charge is 0.337 e. The van der Waals surface area contributed by atoms with Gasteiger partial charge in [-0.05, 0) is 41.8 Å². The Morgan fingerprint density at radius 2 is 2.00 bits per heavy atom. The van der Waals surface area contributed by atoms with Crippen LogP contribution in [0.1, 0.15) is 22.6 Å². The Kier molecular flexibility index (Phi) is 2.98. The van der Waals surface area contributed by atoms with Gasteiger partial charge in [0.2, 0.25) is 0 Å². The SMILES string of the molecule is Cc1ccccc1C1C2=C(COC2=O)Nc2ccc(Cl)cc21. The molecule has 3 nitrogen and oxygen atoms in total. The van der Waals surface area contributed by atoms with Crippen LogP contribution in [0.15, 0.2) is 53.7 Å². The van der Waals surface area contributed by atoms with Gasteiger partial charge in [0.1, 0.15) is 6.61 Å². The van der Waals surface area contributed by atoms with Crippen molar-refractivity contribution in [2.75, 3.05) is 11.9 Å². The van der Waals surface area contributed by atoms with Crippen molar-refractivity contribution in [1.29, 1.82) is 0 Å². The molecule has 1 unspecified atom stereocenters. The van der Waals surface area contributed by atoms with Crippen LogP contribution in [0.3, 0.4) is 0 Å². The van der Waals surface area contributed by atoms with E-state index in [9.17, 15) is 4.79 Å². The van der Waals surface area contributed by atoms with E-state index in [0.29, 0.717) is 17.2 Å². The molecular formula is C18H14ClNO2. The van der Waals surface area contributed by atoms with Gasteiger partial charge in [0.25, 0.3) is 0 Å².